The molecule has 1 heterocycles. The van der Waals surface area contributed by atoms with Crippen LogP contribution in [0.25, 0.3) is 0 Å². The van der Waals surface area contributed by atoms with E-state index in [1.807, 2.05) is 0 Å². The van der Waals surface area contributed by atoms with Crippen molar-refractivity contribution in [1.82, 2.24) is 0 Å². The highest BCUT2D eigenvalue weighted by atomic mass is 32.2. The molecule has 1 aliphatic heterocycles. The third-order valence-electron chi connectivity index (χ3n) is 3.16. The van der Waals surface area contributed by atoms with Crippen molar-refractivity contribution >= 4 is 34.3 Å². The minimum Gasteiger partial charge on any atom is -0.481 e. The highest BCUT2D eigenvalue weighted by Crippen LogP contribution is 2.33. The van der Waals surface area contributed by atoms with Gasteiger partial charge in [0.05, 0.1) is 11.0 Å². The van der Waals surface area contributed by atoms with Crippen LogP contribution in [0.1, 0.15) is 18.5 Å². The molecule has 2 atom stereocenters. The molecule has 0 saturated carbocycles. The first-order valence-corrected chi connectivity index (χ1v) is 7.30. The third-order valence-corrected chi connectivity index (χ3v) is 3.72. The zero-order valence-electron chi connectivity index (χ0n) is 11.4. The van der Waals surface area contributed by atoms with Crippen LogP contribution in [0.3, 0.4) is 0 Å². The lowest BCUT2D eigenvalue weighted by Gasteiger charge is -2.25. The molecule has 2 unspecified atom stereocenters. The van der Waals surface area contributed by atoms with E-state index in [0.717, 1.165) is 0 Å². The molecule has 0 bridgehead atoms. The van der Waals surface area contributed by atoms with E-state index in [4.69, 9.17) is 0 Å². The second-order valence-corrected chi connectivity index (χ2v) is 5.26. The summed E-state index contributed by atoms with van der Waals surface area (Å²) in [6.45, 7) is 1.63. The van der Waals surface area contributed by atoms with Gasteiger partial charge in [-0.3, -0.25) is 19.9 Å². The normalized spacial score (nSPS) is 21.4. The van der Waals surface area contributed by atoms with Crippen LogP contribution in [-0.4, -0.2) is 33.1 Å². The van der Waals surface area contributed by atoms with Crippen LogP contribution in [0.2, 0.25) is 0 Å². The van der Waals surface area contributed by atoms with Crippen molar-refractivity contribution in [2.24, 2.45) is 15.9 Å². The fourth-order valence-corrected chi connectivity index (χ4v) is 2.63. The Morgan fingerprint density at radius 1 is 1.48 bits per heavy atom. The Balaban J connectivity index is 2.50. The highest BCUT2D eigenvalue weighted by Gasteiger charge is 2.35. The molecule has 0 radical (unpaired) electrons. The topological polar surface area (TPSA) is 105 Å². The number of carboxylic acids is 1. The predicted octanol–water partition coefficient (Wildman–Crippen LogP) is 2.53. The van der Waals surface area contributed by atoms with Gasteiger partial charge in [0.2, 0.25) is 0 Å². The van der Waals surface area contributed by atoms with Crippen LogP contribution in [0, 0.1) is 16.0 Å². The van der Waals surface area contributed by atoms with Crippen LogP contribution in [0.15, 0.2) is 34.3 Å². The van der Waals surface area contributed by atoms with Gasteiger partial charge in [0.25, 0.3) is 5.69 Å². The fraction of sp³-hybridized carbons (Fsp3) is 0.308. The van der Waals surface area contributed by atoms with Gasteiger partial charge in [-0.05, 0) is 18.7 Å². The number of hydrogen-bond acceptors (Lipinski definition) is 6. The largest absolute Gasteiger partial charge is 0.481 e. The molecule has 0 amide bonds. The third kappa shape index (κ3) is 3.10. The molecule has 1 aromatic rings. The monoisotopic (exact) mass is 307 g/mol. The smallest absolute Gasteiger partial charge is 0.314 e. The number of nitro groups is 1. The van der Waals surface area contributed by atoms with Crippen LogP contribution < -0.4 is 0 Å². The predicted molar refractivity (Wildman–Crippen MR) is 81.0 cm³/mol. The van der Waals surface area contributed by atoms with Gasteiger partial charge in [-0.25, -0.2) is 4.99 Å². The Morgan fingerprint density at radius 2 is 2.19 bits per heavy atom. The second-order valence-electron chi connectivity index (χ2n) is 4.48. The number of thioether (sulfide) groups is 1. The molecule has 0 spiro atoms. The molecule has 0 fully saturated rings. The first kappa shape index (κ1) is 15.2. The number of nitrogens with zero attached hydrogens (tertiary/aromatic N) is 3. The summed E-state index contributed by atoms with van der Waals surface area (Å²) in [5, 5.41) is 20.7. The van der Waals surface area contributed by atoms with Gasteiger partial charge in [-0.2, -0.15) is 0 Å². The lowest BCUT2D eigenvalue weighted by Crippen LogP contribution is -2.31. The van der Waals surface area contributed by atoms with Crippen LogP contribution >= 0.6 is 11.8 Å². The van der Waals surface area contributed by atoms with E-state index >= 15 is 0 Å². The van der Waals surface area contributed by atoms with E-state index in [9.17, 15) is 20.0 Å². The molecule has 0 saturated heterocycles. The molecule has 1 aromatic carbocycles. The zero-order valence-corrected chi connectivity index (χ0v) is 12.2. The van der Waals surface area contributed by atoms with E-state index in [-0.39, 0.29) is 5.69 Å². The Hall–Kier alpha value is -2.22. The van der Waals surface area contributed by atoms with Crippen molar-refractivity contribution in [3.05, 3.63) is 39.9 Å². The number of aliphatic carboxylic acids is 1. The summed E-state index contributed by atoms with van der Waals surface area (Å²) in [6.07, 6.45) is 1.79. The Bertz CT molecular complexity index is 657. The number of amidine groups is 1. The lowest BCUT2D eigenvalue weighted by molar-refractivity contribution is -0.384. The van der Waals surface area contributed by atoms with Gasteiger partial charge in [0.15, 0.2) is 5.17 Å². The SMILES string of the molecule is CSC1=NC(c2cccc([N+](=O)[O-])c2)C(C(=O)O)C(C)=N1. The molecular formula is C13H13N3O4S. The maximum atomic E-state index is 11.5. The molecule has 1 N–H and O–H groups in total. The zero-order chi connectivity index (χ0) is 15.6. The first-order chi connectivity index (χ1) is 9.93. The number of benzene rings is 1. The maximum Gasteiger partial charge on any atom is 0.314 e. The standard InChI is InChI=1S/C13H13N3O4S/c1-7-10(12(17)18)11(15-13(14-7)21-2)8-4-3-5-9(6-8)16(19)20/h3-6,10-11H,1-2H3,(H,17,18). The highest BCUT2D eigenvalue weighted by molar-refractivity contribution is 8.13. The average Bonchev–Trinajstić information content (AvgIpc) is 2.45. The Labute approximate surface area is 125 Å². The minimum atomic E-state index is -1.04. The van der Waals surface area contributed by atoms with E-state index in [1.165, 1.54) is 30.0 Å². The molecule has 8 heteroatoms. The molecular weight excluding hydrogens is 294 g/mol. The van der Waals surface area contributed by atoms with Crippen molar-refractivity contribution in [1.29, 1.82) is 0 Å². The van der Waals surface area contributed by atoms with E-state index in [1.54, 1.807) is 19.2 Å². The number of carboxylic acid groups (broad SMARTS) is 1. The first-order valence-electron chi connectivity index (χ1n) is 6.08. The lowest BCUT2D eigenvalue weighted by atomic mass is 9.89. The number of nitro benzene ring substituents is 1. The number of rotatable bonds is 3. The van der Waals surface area contributed by atoms with Crippen molar-refractivity contribution < 1.29 is 14.8 Å². The summed E-state index contributed by atoms with van der Waals surface area (Å²) in [5.41, 5.74) is 0.855. The molecule has 7 nitrogen and oxygen atoms in total. The van der Waals surface area contributed by atoms with Crippen LogP contribution in [0.4, 0.5) is 5.69 Å². The summed E-state index contributed by atoms with van der Waals surface area (Å²) in [4.78, 5) is 30.3. The fourth-order valence-electron chi connectivity index (χ4n) is 2.17. The van der Waals surface area contributed by atoms with Gasteiger partial charge in [-0.1, -0.05) is 23.9 Å². The maximum absolute atomic E-state index is 11.5. The number of hydrogen-bond donors (Lipinski definition) is 1. The number of aliphatic imine (C=N–C) groups is 2. The van der Waals surface area contributed by atoms with Crippen LogP contribution in [-0.2, 0) is 4.79 Å². The van der Waals surface area contributed by atoms with Gasteiger partial charge in [0, 0.05) is 17.8 Å². The quantitative estimate of drug-likeness (QED) is 0.682. The van der Waals surface area contributed by atoms with E-state index < -0.39 is 22.9 Å². The summed E-state index contributed by atoms with van der Waals surface area (Å²) in [6, 6.07) is 5.19. The van der Waals surface area contributed by atoms with Crippen molar-refractivity contribution in [3.63, 3.8) is 0 Å². The van der Waals surface area contributed by atoms with E-state index in [0.29, 0.717) is 16.4 Å². The van der Waals surface area contributed by atoms with Gasteiger partial charge >= 0.3 is 5.97 Å². The average molecular weight is 307 g/mol. The molecule has 110 valence electrons. The van der Waals surface area contributed by atoms with Gasteiger partial charge in [0.1, 0.15) is 5.92 Å². The number of non-ortho nitro benzene ring substituents is 1. The minimum absolute atomic E-state index is 0.0855. The molecule has 21 heavy (non-hydrogen) atoms. The summed E-state index contributed by atoms with van der Waals surface area (Å²) in [5.74, 6) is -1.96. The molecule has 0 aliphatic carbocycles. The summed E-state index contributed by atoms with van der Waals surface area (Å²) >= 11 is 1.31. The van der Waals surface area contributed by atoms with Crippen molar-refractivity contribution in [3.8, 4) is 0 Å². The summed E-state index contributed by atoms with van der Waals surface area (Å²) in [7, 11) is 0. The van der Waals surface area contributed by atoms with Gasteiger partial charge in [-0.15, -0.1) is 0 Å². The van der Waals surface area contributed by atoms with Crippen molar-refractivity contribution in [2.75, 3.05) is 6.26 Å². The van der Waals surface area contributed by atoms with E-state index in [2.05, 4.69) is 9.98 Å². The molecule has 0 aromatic heterocycles. The Kier molecular flexibility index (Phi) is 4.37. The Morgan fingerprint density at radius 3 is 2.76 bits per heavy atom. The second kappa shape index (κ2) is 6.04. The van der Waals surface area contributed by atoms with Crippen LogP contribution in [0.5, 0.6) is 0 Å². The van der Waals surface area contributed by atoms with Crippen molar-refractivity contribution in [2.45, 2.75) is 13.0 Å². The number of carbonyl (C=O) groups is 1. The molecule has 2 rings (SSSR count). The molecule has 1 aliphatic rings. The summed E-state index contributed by atoms with van der Waals surface area (Å²) < 4.78 is 0. The van der Waals surface area contributed by atoms with Gasteiger partial charge < -0.3 is 5.11 Å².